The minimum Gasteiger partial charge on any atom is -0.497 e. The topological polar surface area (TPSA) is 82.8 Å². The molecule has 0 bridgehead atoms. The SMILES string of the molecule is CCOC(=O)C1=C(C)N=c2s/c(=C/c3cc(-c4ccccc4)c4ccccc4n3)c(=O)n2[C@H]1c1ccc(OC)cc1. The van der Waals surface area contributed by atoms with Gasteiger partial charge in [-0.2, -0.15) is 0 Å². The molecule has 5 aromatic rings. The zero-order chi connectivity index (χ0) is 28.5. The number of fused-ring (bicyclic) bond motifs is 2. The van der Waals surface area contributed by atoms with Crippen LogP contribution in [0.15, 0.2) is 106 Å². The first kappa shape index (κ1) is 26.4. The van der Waals surface area contributed by atoms with Crippen molar-refractivity contribution in [2.24, 2.45) is 4.99 Å². The molecule has 3 heterocycles. The molecule has 204 valence electrons. The number of pyridine rings is 1. The van der Waals surface area contributed by atoms with E-state index in [9.17, 15) is 9.59 Å². The van der Waals surface area contributed by atoms with Gasteiger partial charge in [-0.1, -0.05) is 72.0 Å². The van der Waals surface area contributed by atoms with Gasteiger partial charge in [-0.25, -0.2) is 14.8 Å². The second-order valence-corrected chi connectivity index (χ2v) is 10.6. The molecule has 0 radical (unpaired) electrons. The van der Waals surface area contributed by atoms with E-state index in [1.54, 1.807) is 31.6 Å². The van der Waals surface area contributed by atoms with Crippen LogP contribution in [-0.4, -0.2) is 29.2 Å². The Balaban J connectivity index is 1.55. The van der Waals surface area contributed by atoms with E-state index in [-0.39, 0.29) is 12.2 Å². The van der Waals surface area contributed by atoms with E-state index in [1.807, 2.05) is 66.7 Å². The fourth-order valence-electron chi connectivity index (χ4n) is 5.15. The summed E-state index contributed by atoms with van der Waals surface area (Å²) in [6.07, 6.45) is 1.80. The number of thiazole rings is 1. The Labute approximate surface area is 240 Å². The fraction of sp³-hybridized carbons (Fsp3) is 0.152. The summed E-state index contributed by atoms with van der Waals surface area (Å²) >= 11 is 1.28. The number of para-hydroxylation sites is 1. The molecule has 8 heteroatoms. The minimum atomic E-state index is -0.692. The lowest BCUT2D eigenvalue weighted by Gasteiger charge is -2.24. The van der Waals surface area contributed by atoms with Crippen molar-refractivity contribution in [2.45, 2.75) is 19.9 Å². The van der Waals surface area contributed by atoms with Gasteiger partial charge in [0.05, 0.1) is 46.8 Å². The van der Waals surface area contributed by atoms with Gasteiger partial charge >= 0.3 is 5.97 Å². The molecule has 0 spiro atoms. The molecule has 2 aromatic heterocycles. The summed E-state index contributed by atoms with van der Waals surface area (Å²) in [6.45, 7) is 3.75. The number of carbonyl (C=O) groups excluding carboxylic acids is 1. The Morgan fingerprint density at radius 2 is 1.76 bits per heavy atom. The highest BCUT2D eigenvalue weighted by Crippen LogP contribution is 2.32. The Kier molecular flexibility index (Phi) is 7.07. The lowest BCUT2D eigenvalue weighted by molar-refractivity contribution is -0.139. The standard InChI is InChI=1S/C33H27N3O4S/c1-4-40-32(38)29-20(2)34-33-36(30(29)22-14-16-24(39-3)17-15-22)31(37)28(41-33)19-23-18-26(21-10-6-5-7-11-21)25-12-8-9-13-27(25)35-23/h5-19,30H,4H2,1-3H3/b28-19+/t30-/m0/s1. The van der Waals surface area contributed by atoms with Crippen molar-refractivity contribution < 1.29 is 14.3 Å². The van der Waals surface area contributed by atoms with Crippen molar-refractivity contribution in [1.82, 2.24) is 9.55 Å². The van der Waals surface area contributed by atoms with E-state index in [0.717, 1.165) is 27.6 Å². The van der Waals surface area contributed by atoms with Crippen LogP contribution in [0.5, 0.6) is 5.75 Å². The molecule has 1 atom stereocenters. The largest absolute Gasteiger partial charge is 0.497 e. The molecule has 6 rings (SSSR count). The van der Waals surface area contributed by atoms with E-state index in [0.29, 0.717) is 32.0 Å². The Bertz CT molecular complexity index is 1990. The molecule has 1 aliphatic rings. The third kappa shape index (κ3) is 4.87. The van der Waals surface area contributed by atoms with Crippen LogP contribution in [0.3, 0.4) is 0 Å². The number of carbonyl (C=O) groups is 1. The Morgan fingerprint density at radius 1 is 1.02 bits per heavy atom. The molecule has 0 unspecified atom stereocenters. The summed E-state index contributed by atoms with van der Waals surface area (Å²) in [5.74, 6) is 0.184. The van der Waals surface area contributed by atoms with Crippen LogP contribution in [0, 0.1) is 0 Å². The first-order chi connectivity index (χ1) is 20.0. The van der Waals surface area contributed by atoms with Crippen molar-refractivity contribution in [3.8, 4) is 16.9 Å². The number of nitrogens with zero attached hydrogens (tertiary/aromatic N) is 3. The number of benzene rings is 3. The summed E-state index contributed by atoms with van der Waals surface area (Å²) in [7, 11) is 1.59. The lowest BCUT2D eigenvalue weighted by Crippen LogP contribution is -2.39. The maximum atomic E-state index is 14.0. The Morgan fingerprint density at radius 3 is 2.49 bits per heavy atom. The average molecular weight is 562 g/mol. The van der Waals surface area contributed by atoms with Crippen LogP contribution in [0.2, 0.25) is 0 Å². The average Bonchev–Trinajstić information content (AvgIpc) is 3.30. The minimum absolute atomic E-state index is 0.215. The predicted octanol–water partition coefficient (Wildman–Crippen LogP) is 5.02. The van der Waals surface area contributed by atoms with Crippen molar-refractivity contribution in [1.29, 1.82) is 0 Å². The van der Waals surface area contributed by atoms with Gasteiger partial charge in [-0.3, -0.25) is 9.36 Å². The normalized spacial score (nSPS) is 15.0. The van der Waals surface area contributed by atoms with Crippen molar-refractivity contribution in [3.05, 3.63) is 127 Å². The molecular formula is C33H27N3O4S. The predicted molar refractivity (Wildman–Crippen MR) is 161 cm³/mol. The quantitative estimate of drug-likeness (QED) is 0.272. The molecule has 3 aromatic carbocycles. The third-order valence-corrected chi connectivity index (χ3v) is 8.03. The first-order valence-corrected chi connectivity index (χ1v) is 14.1. The monoisotopic (exact) mass is 561 g/mol. The zero-order valence-electron chi connectivity index (χ0n) is 22.8. The molecule has 0 aliphatic carbocycles. The number of aromatic nitrogens is 2. The van der Waals surface area contributed by atoms with Crippen molar-refractivity contribution in [3.63, 3.8) is 0 Å². The summed E-state index contributed by atoms with van der Waals surface area (Å²) in [5.41, 5.74) is 4.97. The molecular weight excluding hydrogens is 534 g/mol. The lowest BCUT2D eigenvalue weighted by atomic mass is 9.96. The van der Waals surface area contributed by atoms with E-state index in [1.165, 1.54) is 11.3 Å². The number of rotatable bonds is 6. The molecule has 0 N–H and O–H groups in total. The first-order valence-electron chi connectivity index (χ1n) is 13.3. The molecule has 41 heavy (non-hydrogen) atoms. The van der Waals surface area contributed by atoms with Crippen LogP contribution >= 0.6 is 11.3 Å². The summed E-state index contributed by atoms with van der Waals surface area (Å²) in [4.78, 5) is 37.2. The van der Waals surface area contributed by atoms with Gasteiger partial charge in [0.2, 0.25) is 0 Å². The second kappa shape index (κ2) is 11.0. The van der Waals surface area contributed by atoms with E-state index < -0.39 is 12.0 Å². The number of allylic oxidation sites excluding steroid dienone is 1. The zero-order valence-corrected chi connectivity index (χ0v) is 23.6. The highest BCUT2D eigenvalue weighted by molar-refractivity contribution is 7.07. The van der Waals surface area contributed by atoms with Gasteiger partial charge < -0.3 is 9.47 Å². The number of methoxy groups -OCH3 is 1. The molecule has 0 saturated heterocycles. The summed E-state index contributed by atoms with van der Waals surface area (Å²) in [5, 5.41) is 1.03. The number of hydrogen-bond acceptors (Lipinski definition) is 7. The highest BCUT2D eigenvalue weighted by Gasteiger charge is 2.33. The maximum Gasteiger partial charge on any atom is 0.338 e. The van der Waals surface area contributed by atoms with Crippen LogP contribution in [0.1, 0.15) is 31.1 Å². The second-order valence-electron chi connectivity index (χ2n) is 9.55. The third-order valence-electron chi connectivity index (χ3n) is 7.05. The van der Waals surface area contributed by atoms with Crippen LogP contribution in [0.25, 0.3) is 28.1 Å². The molecule has 0 amide bonds. The van der Waals surface area contributed by atoms with E-state index in [2.05, 4.69) is 23.2 Å². The summed E-state index contributed by atoms with van der Waals surface area (Å²) < 4.78 is 12.8. The van der Waals surface area contributed by atoms with Crippen LogP contribution in [0.4, 0.5) is 0 Å². The molecule has 1 aliphatic heterocycles. The van der Waals surface area contributed by atoms with Gasteiger partial charge in [0.25, 0.3) is 5.56 Å². The van der Waals surface area contributed by atoms with Gasteiger partial charge in [0, 0.05) is 5.39 Å². The molecule has 7 nitrogen and oxygen atoms in total. The maximum absolute atomic E-state index is 14.0. The highest BCUT2D eigenvalue weighted by atomic mass is 32.1. The molecule has 0 saturated carbocycles. The van der Waals surface area contributed by atoms with Gasteiger partial charge in [-0.05, 0) is 60.9 Å². The number of esters is 1. The number of ether oxygens (including phenoxy) is 2. The van der Waals surface area contributed by atoms with E-state index in [4.69, 9.17) is 14.5 Å². The smallest absolute Gasteiger partial charge is 0.338 e. The Hall–Kier alpha value is -4.82. The van der Waals surface area contributed by atoms with Crippen LogP contribution in [-0.2, 0) is 9.53 Å². The fourth-order valence-corrected chi connectivity index (χ4v) is 6.19. The van der Waals surface area contributed by atoms with E-state index >= 15 is 0 Å². The van der Waals surface area contributed by atoms with Gasteiger partial charge in [0.1, 0.15) is 5.75 Å². The molecule has 0 fully saturated rings. The van der Waals surface area contributed by atoms with Gasteiger partial charge in [-0.15, -0.1) is 0 Å². The van der Waals surface area contributed by atoms with Crippen molar-refractivity contribution in [2.75, 3.05) is 13.7 Å². The summed E-state index contributed by atoms with van der Waals surface area (Å²) in [6, 6.07) is 26.8. The number of hydrogen-bond donors (Lipinski definition) is 0. The van der Waals surface area contributed by atoms with Gasteiger partial charge in [0.15, 0.2) is 4.80 Å². The van der Waals surface area contributed by atoms with Crippen LogP contribution < -0.4 is 19.6 Å². The van der Waals surface area contributed by atoms with Crippen molar-refractivity contribution >= 4 is 34.3 Å².